The molecule has 2 N–H and O–H groups in total. The van der Waals surface area contributed by atoms with E-state index in [9.17, 15) is 9.59 Å². The zero-order chi connectivity index (χ0) is 17.8. The summed E-state index contributed by atoms with van der Waals surface area (Å²) >= 11 is 0. The third-order valence-electron chi connectivity index (χ3n) is 3.89. The van der Waals surface area contributed by atoms with Gasteiger partial charge in [-0.15, -0.1) is 0 Å². The molecular weight excluding hydrogens is 318 g/mol. The van der Waals surface area contributed by atoms with Gasteiger partial charge in [0.25, 0.3) is 5.91 Å². The lowest BCUT2D eigenvalue weighted by atomic mass is 10.2. The monoisotopic (exact) mass is 337 g/mol. The topological polar surface area (TPSA) is 74.6 Å². The van der Waals surface area contributed by atoms with Gasteiger partial charge in [-0.3, -0.25) is 9.69 Å². The summed E-state index contributed by atoms with van der Waals surface area (Å²) < 4.78 is 5.34. The first kappa shape index (κ1) is 16.7. The molecule has 6 nitrogen and oxygen atoms in total. The lowest BCUT2D eigenvalue weighted by Gasteiger charge is -2.13. The maximum Gasteiger partial charge on any atom is 0.321 e. The summed E-state index contributed by atoms with van der Waals surface area (Å²) in [6, 6.07) is 9.09. The van der Waals surface area contributed by atoms with Gasteiger partial charge in [-0.2, -0.15) is 0 Å². The summed E-state index contributed by atoms with van der Waals surface area (Å²) in [7, 11) is 0. The molecule has 3 rings (SSSR count). The summed E-state index contributed by atoms with van der Waals surface area (Å²) in [5.41, 5.74) is 2.21. The minimum atomic E-state index is -0.195. The largest absolute Gasteiger partial charge is 0.466 e. The molecule has 1 saturated heterocycles. The van der Waals surface area contributed by atoms with E-state index in [4.69, 9.17) is 4.42 Å². The van der Waals surface area contributed by atoms with Gasteiger partial charge in [0, 0.05) is 24.3 Å². The number of carbonyl (C=O) groups is 2. The SMILES string of the molecule is Cc1cc(C(=O)NCC#Cc2ccc(N3CCNC3=O)cc2)c(C)o1. The van der Waals surface area contributed by atoms with Crippen LogP contribution in [0.5, 0.6) is 0 Å². The third kappa shape index (κ3) is 3.83. The van der Waals surface area contributed by atoms with Gasteiger partial charge in [0.2, 0.25) is 0 Å². The highest BCUT2D eigenvalue weighted by molar-refractivity contribution is 5.95. The number of carbonyl (C=O) groups excluding carboxylic acids is 2. The molecule has 128 valence electrons. The molecule has 0 bridgehead atoms. The molecule has 0 radical (unpaired) electrons. The molecule has 0 atom stereocenters. The molecule has 2 heterocycles. The molecule has 1 aliphatic heterocycles. The molecule has 1 aliphatic rings. The number of nitrogens with zero attached hydrogens (tertiary/aromatic N) is 1. The van der Waals surface area contributed by atoms with Crippen LogP contribution in [0.25, 0.3) is 0 Å². The molecule has 0 saturated carbocycles. The molecule has 2 aromatic rings. The highest BCUT2D eigenvalue weighted by Gasteiger charge is 2.20. The van der Waals surface area contributed by atoms with Gasteiger partial charge in [-0.25, -0.2) is 4.79 Å². The average molecular weight is 337 g/mol. The van der Waals surface area contributed by atoms with E-state index in [1.165, 1.54) is 0 Å². The Morgan fingerprint density at radius 2 is 2.08 bits per heavy atom. The zero-order valence-corrected chi connectivity index (χ0v) is 14.2. The number of hydrogen-bond acceptors (Lipinski definition) is 3. The summed E-state index contributed by atoms with van der Waals surface area (Å²) in [5, 5.41) is 5.52. The first-order valence-corrected chi connectivity index (χ1v) is 8.04. The lowest BCUT2D eigenvalue weighted by Crippen LogP contribution is -2.27. The molecule has 6 heteroatoms. The predicted octanol–water partition coefficient (Wildman–Crippen LogP) is 2.21. The van der Waals surface area contributed by atoms with Gasteiger partial charge in [0.05, 0.1) is 12.1 Å². The molecule has 3 amide bonds. The Balaban J connectivity index is 1.56. The number of furan rings is 1. The van der Waals surface area contributed by atoms with E-state index in [1.807, 2.05) is 24.3 Å². The van der Waals surface area contributed by atoms with Crippen LogP contribution in [0.15, 0.2) is 34.7 Å². The minimum Gasteiger partial charge on any atom is -0.466 e. The smallest absolute Gasteiger partial charge is 0.321 e. The maximum atomic E-state index is 12.0. The summed E-state index contributed by atoms with van der Waals surface area (Å²) in [5.74, 6) is 7.03. The predicted molar refractivity (Wildman–Crippen MR) is 94.6 cm³/mol. The number of benzene rings is 1. The van der Waals surface area contributed by atoms with E-state index in [0.717, 1.165) is 11.3 Å². The first-order chi connectivity index (χ1) is 12.0. The van der Waals surface area contributed by atoms with E-state index in [1.54, 1.807) is 24.8 Å². The number of urea groups is 1. The van der Waals surface area contributed by atoms with Crippen molar-refractivity contribution in [2.24, 2.45) is 0 Å². The van der Waals surface area contributed by atoms with E-state index < -0.39 is 0 Å². The fraction of sp³-hybridized carbons (Fsp3) is 0.263. The lowest BCUT2D eigenvalue weighted by molar-refractivity contribution is 0.0957. The van der Waals surface area contributed by atoms with E-state index >= 15 is 0 Å². The van der Waals surface area contributed by atoms with Crippen molar-refractivity contribution in [3.63, 3.8) is 0 Å². The van der Waals surface area contributed by atoms with Gasteiger partial charge in [-0.05, 0) is 44.2 Å². The number of hydrogen-bond donors (Lipinski definition) is 2. The number of aryl methyl sites for hydroxylation is 2. The van der Waals surface area contributed by atoms with Crippen molar-refractivity contribution in [2.45, 2.75) is 13.8 Å². The fourth-order valence-electron chi connectivity index (χ4n) is 2.66. The zero-order valence-electron chi connectivity index (χ0n) is 14.2. The van der Waals surface area contributed by atoms with E-state index in [0.29, 0.717) is 30.2 Å². The second kappa shape index (κ2) is 7.14. The highest BCUT2D eigenvalue weighted by atomic mass is 16.3. The van der Waals surface area contributed by atoms with Crippen molar-refractivity contribution in [2.75, 3.05) is 24.5 Å². The summed E-state index contributed by atoms with van der Waals surface area (Å²) in [6.07, 6.45) is 0. The van der Waals surface area contributed by atoms with Crippen molar-refractivity contribution in [1.29, 1.82) is 0 Å². The van der Waals surface area contributed by atoms with Crippen molar-refractivity contribution < 1.29 is 14.0 Å². The molecule has 1 fully saturated rings. The second-order valence-corrected chi connectivity index (χ2v) is 5.74. The van der Waals surface area contributed by atoms with Crippen LogP contribution in [0.4, 0.5) is 10.5 Å². The van der Waals surface area contributed by atoms with Gasteiger partial charge in [-0.1, -0.05) is 11.8 Å². The Morgan fingerprint density at radius 1 is 1.32 bits per heavy atom. The van der Waals surface area contributed by atoms with Crippen molar-refractivity contribution >= 4 is 17.6 Å². The quantitative estimate of drug-likeness (QED) is 0.843. The first-order valence-electron chi connectivity index (χ1n) is 8.04. The Kier molecular flexibility index (Phi) is 4.75. The number of anilines is 1. The molecule has 25 heavy (non-hydrogen) atoms. The van der Waals surface area contributed by atoms with Crippen LogP contribution in [0.1, 0.15) is 27.4 Å². The van der Waals surface area contributed by atoms with E-state index in [2.05, 4.69) is 22.5 Å². The highest BCUT2D eigenvalue weighted by Crippen LogP contribution is 2.17. The molecule has 0 unspecified atom stereocenters. The minimum absolute atomic E-state index is 0.0775. The fourth-order valence-corrected chi connectivity index (χ4v) is 2.66. The van der Waals surface area contributed by atoms with Crippen LogP contribution >= 0.6 is 0 Å². The Hall–Kier alpha value is -3.20. The normalized spacial score (nSPS) is 13.2. The number of amides is 3. The van der Waals surface area contributed by atoms with Crippen LogP contribution in [0, 0.1) is 25.7 Å². The Morgan fingerprint density at radius 3 is 2.68 bits per heavy atom. The van der Waals surface area contributed by atoms with Crippen molar-refractivity contribution in [3.05, 3.63) is 53.0 Å². The van der Waals surface area contributed by atoms with Crippen molar-refractivity contribution in [1.82, 2.24) is 10.6 Å². The maximum absolute atomic E-state index is 12.0. The molecule has 1 aromatic carbocycles. The summed E-state index contributed by atoms with van der Waals surface area (Å²) in [6.45, 7) is 5.14. The van der Waals surface area contributed by atoms with Crippen LogP contribution in [-0.2, 0) is 0 Å². The van der Waals surface area contributed by atoms with Crippen LogP contribution in [0.3, 0.4) is 0 Å². The van der Waals surface area contributed by atoms with Gasteiger partial charge < -0.3 is 15.1 Å². The van der Waals surface area contributed by atoms with Crippen LogP contribution in [-0.4, -0.2) is 31.6 Å². The number of rotatable bonds is 3. The van der Waals surface area contributed by atoms with Gasteiger partial charge in [0.15, 0.2) is 0 Å². The molecule has 0 aliphatic carbocycles. The molecular formula is C19H19N3O3. The van der Waals surface area contributed by atoms with Gasteiger partial charge in [0.1, 0.15) is 11.5 Å². The van der Waals surface area contributed by atoms with E-state index in [-0.39, 0.29) is 18.5 Å². The third-order valence-corrected chi connectivity index (χ3v) is 3.89. The Bertz CT molecular complexity index is 856. The standard InChI is InChI=1S/C19H19N3O3/c1-13-12-17(14(2)25-13)18(23)20-9-3-4-15-5-7-16(8-6-15)22-11-10-21-19(22)24/h5-8,12H,9-11H2,1-2H3,(H,20,23)(H,21,24). The van der Waals surface area contributed by atoms with Crippen LogP contribution in [0.2, 0.25) is 0 Å². The van der Waals surface area contributed by atoms with Gasteiger partial charge >= 0.3 is 6.03 Å². The second-order valence-electron chi connectivity index (χ2n) is 5.74. The summed E-state index contributed by atoms with van der Waals surface area (Å²) in [4.78, 5) is 25.3. The number of nitrogens with one attached hydrogen (secondary N) is 2. The molecule has 0 spiro atoms. The van der Waals surface area contributed by atoms with Crippen LogP contribution < -0.4 is 15.5 Å². The van der Waals surface area contributed by atoms with Crippen molar-refractivity contribution in [3.8, 4) is 11.8 Å². The Labute approximate surface area is 146 Å². The molecule has 1 aromatic heterocycles. The average Bonchev–Trinajstić information content (AvgIpc) is 3.17.